The van der Waals surface area contributed by atoms with Gasteiger partial charge in [-0.15, -0.1) is 0 Å². The SMILES string of the molecule is O=C(O)c1cn(C2CC2)c2c(Cl)c(F)cc(F)c2c1=O. The molecule has 104 valence electrons. The van der Waals surface area contributed by atoms with E-state index in [9.17, 15) is 18.4 Å². The Bertz CT molecular complexity index is 812. The molecule has 3 rings (SSSR count). The Balaban J connectivity index is 2.55. The molecule has 1 heterocycles. The quantitative estimate of drug-likeness (QED) is 0.867. The number of benzene rings is 1. The van der Waals surface area contributed by atoms with Crippen LogP contribution in [0.5, 0.6) is 0 Å². The molecule has 2 aromatic rings. The molecule has 0 saturated heterocycles. The molecule has 1 aromatic heterocycles. The fourth-order valence-electron chi connectivity index (χ4n) is 2.23. The first-order valence-electron chi connectivity index (χ1n) is 5.87. The molecular weight excluding hydrogens is 292 g/mol. The number of carbonyl (C=O) groups is 1. The molecule has 0 spiro atoms. The Labute approximate surface area is 116 Å². The highest BCUT2D eigenvalue weighted by molar-refractivity contribution is 6.35. The molecule has 1 aromatic carbocycles. The average Bonchev–Trinajstić information content (AvgIpc) is 3.19. The number of carboxylic acid groups (broad SMARTS) is 1. The number of aromatic carboxylic acids is 1. The Kier molecular flexibility index (Phi) is 2.79. The summed E-state index contributed by atoms with van der Waals surface area (Å²) >= 11 is 5.83. The van der Waals surface area contributed by atoms with E-state index in [1.807, 2.05) is 0 Å². The number of rotatable bonds is 2. The van der Waals surface area contributed by atoms with Crippen molar-refractivity contribution < 1.29 is 18.7 Å². The molecule has 0 radical (unpaired) electrons. The molecular formula is C13H8ClF2NO3. The van der Waals surface area contributed by atoms with E-state index < -0.39 is 34.0 Å². The highest BCUT2D eigenvalue weighted by atomic mass is 35.5. The number of fused-ring (bicyclic) bond motifs is 1. The second-order valence-electron chi connectivity index (χ2n) is 4.69. The second-order valence-corrected chi connectivity index (χ2v) is 5.07. The highest BCUT2D eigenvalue weighted by Gasteiger charge is 2.29. The molecule has 0 bridgehead atoms. The van der Waals surface area contributed by atoms with Gasteiger partial charge in [-0.05, 0) is 12.8 Å². The van der Waals surface area contributed by atoms with Crippen molar-refractivity contribution in [2.45, 2.75) is 18.9 Å². The molecule has 1 aliphatic carbocycles. The van der Waals surface area contributed by atoms with Gasteiger partial charge in [-0.3, -0.25) is 4.79 Å². The third-order valence-corrected chi connectivity index (χ3v) is 3.67. The van der Waals surface area contributed by atoms with Gasteiger partial charge in [0.1, 0.15) is 22.2 Å². The van der Waals surface area contributed by atoms with Crippen LogP contribution in [0.2, 0.25) is 5.02 Å². The predicted octanol–water partition coefficient (Wildman–Crippen LogP) is 2.97. The summed E-state index contributed by atoms with van der Waals surface area (Å²) < 4.78 is 28.8. The zero-order chi connectivity index (χ0) is 14.6. The summed E-state index contributed by atoms with van der Waals surface area (Å²) in [7, 11) is 0. The van der Waals surface area contributed by atoms with E-state index in [4.69, 9.17) is 16.7 Å². The molecule has 1 N–H and O–H groups in total. The molecule has 0 amide bonds. The van der Waals surface area contributed by atoms with Crippen molar-refractivity contribution in [2.75, 3.05) is 0 Å². The van der Waals surface area contributed by atoms with Crippen LogP contribution in [-0.2, 0) is 0 Å². The third-order valence-electron chi connectivity index (χ3n) is 3.32. The summed E-state index contributed by atoms with van der Waals surface area (Å²) in [5, 5.41) is 8.17. The van der Waals surface area contributed by atoms with Crippen LogP contribution in [0.25, 0.3) is 10.9 Å². The second kappa shape index (κ2) is 4.28. The maximum Gasteiger partial charge on any atom is 0.341 e. The number of carboxylic acids is 1. The first kappa shape index (κ1) is 13.1. The average molecular weight is 300 g/mol. The van der Waals surface area contributed by atoms with Crippen molar-refractivity contribution in [1.82, 2.24) is 4.57 Å². The van der Waals surface area contributed by atoms with Crippen LogP contribution in [0.1, 0.15) is 29.2 Å². The van der Waals surface area contributed by atoms with Crippen LogP contribution < -0.4 is 5.43 Å². The summed E-state index contributed by atoms with van der Waals surface area (Å²) in [5.74, 6) is -3.54. The first-order chi connectivity index (χ1) is 9.41. The van der Waals surface area contributed by atoms with Crippen molar-refractivity contribution in [3.8, 4) is 0 Å². The monoisotopic (exact) mass is 299 g/mol. The van der Waals surface area contributed by atoms with Crippen LogP contribution in [0.4, 0.5) is 8.78 Å². The number of halogens is 3. The lowest BCUT2D eigenvalue weighted by Gasteiger charge is -2.13. The Morgan fingerprint density at radius 3 is 2.55 bits per heavy atom. The maximum absolute atomic E-state index is 13.9. The summed E-state index contributed by atoms with van der Waals surface area (Å²) in [6, 6.07) is 0.407. The Hall–Kier alpha value is -1.95. The largest absolute Gasteiger partial charge is 0.477 e. The smallest absolute Gasteiger partial charge is 0.341 e. The lowest BCUT2D eigenvalue weighted by molar-refractivity contribution is 0.0695. The van der Waals surface area contributed by atoms with E-state index in [1.165, 1.54) is 4.57 Å². The molecule has 0 atom stereocenters. The van der Waals surface area contributed by atoms with Gasteiger partial charge in [0.05, 0.1) is 10.9 Å². The van der Waals surface area contributed by atoms with Gasteiger partial charge in [0.2, 0.25) is 5.43 Å². The van der Waals surface area contributed by atoms with Crippen LogP contribution in [-0.4, -0.2) is 15.6 Å². The molecule has 0 aliphatic heterocycles. The van der Waals surface area contributed by atoms with E-state index in [2.05, 4.69) is 0 Å². The number of nitrogens with zero attached hydrogens (tertiary/aromatic N) is 1. The number of hydrogen-bond acceptors (Lipinski definition) is 2. The minimum absolute atomic E-state index is 0.0818. The van der Waals surface area contributed by atoms with E-state index in [0.29, 0.717) is 6.07 Å². The zero-order valence-electron chi connectivity index (χ0n) is 9.99. The summed E-state index contributed by atoms with van der Waals surface area (Å²) in [4.78, 5) is 23.1. The van der Waals surface area contributed by atoms with E-state index >= 15 is 0 Å². The topological polar surface area (TPSA) is 59.3 Å². The number of pyridine rings is 1. The highest BCUT2D eigenvalue weighted by Crippen LogP contribution is 2.39. The fraction of sp³-hybridized carbons (Fsp3) is 0.231. The van der Waals surface area contributed by atoms with Gasteiger partial charge in [-0.1, -0.05) is 11.6 Å². The van der Waals surface area contributed by atoms with Crippen molar-refractivity contribution in [2.24, 2.45) is 0 Å². The fourth-order valence-corrected chi connectivity index (χ4v) is 2.48. The summed E-state index contributed by atoms with van der Waals surface area (Å²) in [6.45, 7) is 0. The lowest BCUT2D eigenvalue weighted by atomic mass is 10.1. The van der Waals surface area contributed by atoms with Crippen LogP contribution in [0.15, 0.2) is 17.1 Å². The van der Waals surface area contributed by atoms with Crippen LogP contribution in [0.3, 0.4) is 0 Å². The molecule has 20 heavy (non-hydrogen) atoms. The third kappa shape index (κ3) is 1.79. The number of hydrogen-bond donors (Lipinski definition) is 1. The van der Waals surface area contributed by atoms with Crippen LogP contribution >= 0.6 is 11.6 Å². The van der Waals surface area contributed by atoms with Crippen molar-refractivity contribution in [1.29, 1.82) is 0 Å². The van der Waals surface area contributed by atoms with Gasteiger partial charge < -0.3 is 9.67 Å². The van der Waals surface area contributed by atoms with Gasteiger partial charge in [0.15, 0.2) is 0 Å². The Morgan fingerprint density at radius 2 is 2.00 bits per heavy atom. The standard InChI is InChI=1S/C13H8ClF2NO3/c14-10-8(16)3-7(15)9-11(10)17(5-1-2-5)4-6(12(9)18)13(19)20/h3-5H,1-2H2,(H,19,20). The molecule has 0 unspecified atom stereocenters. The van der Waals surface area contributed by atoms with Crippen molar-refractivity contribution >= 4 is 28.5 Å². The molecule has 1 aliphatic rings. The van der Waals surface area contributed by atoms with E-state index in [1.54, 1.807) is 0 Å². The zero-order valence-corrected chi connectivity index (χ0v) is 10.7. The minimum Gasteiger partial charge on any atom is -0.477 e. The van der Waals surface area contributed by atoms with Crippen molar-refractivity contribution in [3.05, 3.63) is 44.7 Å². The predicted molar refractivity (Wildman–Crippen MR) is 68.4 cm³/mol. The minimum atomic E-state index is -1.45. The molecule has 7 heteroatoms. The normalized spacial score (nSPS) is 14.8. The van der Waals surface area contributed by atoms with Gasteiger partial charge in [-0.2, -0.15) is 0 Å². The van der Waals surface area contributed by atoms with E-state index in [0.717, 1.165) is 19.0 Å². The molecule has 1 fully saturated rings. The van der Waals surface area contributed by atoms with Gasteiger partial charge in [0, 0.05) is 18.3 Å². The summed E-state index contributed by atoms with van der Waals surface area (Å²) in [5.41, 5.74) is -1.63. The van der Waals surface area contributed by atoms with Crippen LogP contribution in [0, 0.1) is 11.6 Å². The Morgan fingerprint density at radius 1 is 1.35 bits per heavy atom. The summed E-state index contributed by atoms with van der Waals surface area (Å²) in [6.07, 6.45) is 2.59. The van der Waals surface area contributed by atoms with Crippen molar-refractivity contribution in [3.63, 3.8) is 0 Å². The maximum atomic E-state index is 13.9. The van der Waals surface area contributed by atoms with Gasteiger partial charge >= 0.3 is 5.97 Å². The van der Waals surface area contributed by atoms with Gasteiger partial charge in [0.25, 0.3) is 0 Å². The first-order valence-corrected chi connectivity index (χ1v) is 6.25. The van der Waals surface area contributed by atoms with Gasteiger partial charge in [-0.25, -0.2) is 13.6 Å². The lowest BCUT2D eigenvalue weighted by Crippen LogP contribution is -2.20. The molecule has 1 saturated carbocycles. The van der Waals surface area contributed by atoms with E-state index in [-0.39, 0.29) is 16.6 Å². The number of aromatic nitrogens is 1. The molecule has 4 nitrogen and oxygen atoms in total.